The molecule has 0 aliphatic carbocycles. The standard InChI is InChI=1S/C28H25N3O5/c1-36-21-13-11-18(12-14-21)15-24(30-26(32)19-7-3-2-4-8-19)27(33)31-25(28(34)35)16-20-17-29-23-10-6-5-9-22(20)23/h2-15,17,25,29H,16H2,1H3,(H,30,32)(H,31,33)(H,34,35)/p-1. The van der Waals surface area contributed by atoms with Crippen molar-refractivity contribution in [2.75, 3.05) is 7.11 Å². The molecule has 0 spiro atoms. The van der Waals surface area contributed by atoms with Crippen LogP contribution in [0.25, 0.3) is 17.0 Å². The number of methoxy groups -OCH3 is 1. The minimum atomic E-state index is -1.44. The van der Waals surface area contributed by atoms with Gasteiger partial charge in [-0.3, -0.25) is 9.59 Å². The van der Waals surface area contributed by atoms with E-state index in [9.17, 15) is 19.5 Å². The lowest BCUT2D eigenvalue weighted by Gasteiger charge is -2.21. The summed E-state index contributed by atoms with van der Waals surface area (Å²) in [4.78, 5) is 41.0. The zero-order chi connectivity index (χ0) is 25.5. The first kappa shape index (κ1) is 24.3. The summed E-state index contributed by atoms with van der Waals surface area (Å²) in [7, 11) is 1.54. The molecule has 182 valence electrons. The molecule has 0 aliphatic rings. The number of para-hydroxylation sites is 1. The normalized spacial score (nSPS) is 12.1. The molecule has 1 aromatic heterocycles. The molecule has 36 heavy (non-hydrogen) atoms. The van der Waals surface area contributed by atoms with Gasteiger partial charge in [-0.15, -0.1) is 0 Å². The molecule has 4 aromatic rings. The van der Waals surface area contributed by atoms with E-state index < -0.39 is 23.8 Å². The summed E-state index contributed by atoms with van der Waals surface area (Å²) in [5, 5.41) is 17.9. The highest BCUT2D eigenvalue weighted by atomic mass is 16.5. The number of amides is 2. The summed E-state index contributed by atoms with van der Waals surface area (Å²) in [6, 6.07) is 21.4. The second-order valence-electron chi connectivity index (χ2n) is 8.06. The molecule has 1 atom stereocenters. The van der Waals surface area contributed by atoms with Crippen molar-refractivity contribution in [1.29, 1.82) is 0 Å². The monoisotopic (exact) mass is 482 g/mol. The van der Waals surface area contributed by atoms with Gasteiger partial charge in [-0.1, -0.05) is 48.5 Å². The molecule has 2 amide bonds. The first-order valence-electron chi connectivity index (χ1n) is 11.2. The summed E-state index contributed by atoms with van der Waals surface area (Å²) in [5.74, 6) is -2.08. The molecular weight excluding hydrogens is 458 g/mol. The molecule has 0 radical (unpaired) electrons. The van der Waals surface area contributed by atoms with E-state index in [1.165, 1.54) is 13.2 Å². The van der Waals surface area contributed by atoms with Crippen LogP contribution in [0.4, 0.5) is 0 Å². The van der Waals surface area contributed by atoms with Crippen molar-refractivity contribution < 1.29 is 24.2 Å². The van der Waals surface area contributed by atoms with Crippen molar-refractivity contribution in [3.8, 4) is 5.75 Å². The molecule has 8 nitrogen and oxygen atoms in total. The Kier molecular flexibility index (Phi) is 7.45. The third-order valence-electron chi connectivity index (χ3n) is 5.64. The highest BCUT2D eigenvalue weighted by molar-refractivity contribution is 6.06. The first-order valence-corrected chi connectivity index (χ1v) is 11.2. The van der Waals surface area contributed by atoms with Crippen molar-refractivity contribution in [2.24, 2.45) is 0 Å². The van der Waals surface area contributed by atoms with Crippen LogP contribution in [0, 0.1) is 0 Å². The zero-order valence-corrected chi connectivity index (χ0v) is 19.5. The lowest BCUT2D eigenvalue weighted by atomic mass is 10.0. The van der Waals surface area contributed by atoms with E-state index in [0.717, 1.165) is 10.9 Å². The number of hydrogen-bond donors (Lipinski definition) is 3. The van der Waals surface area contributed by atoms with Crippen LogP contribution in [-0.4, -0.2) is 35.9 Å². The van der Waals surface area contributed by atoms with E-state index in [1.54, 1.807) is 60.8 Å². The molecule has 1 unspecified atom stereocenters. The van der Waals surface area contributed by atoms with E-state index in [-0.39, 0.29) is 12.1 Å². The van der Waals surface area contributed by atoms with Crippen LogP contribution in [0.2, 0.25) is 0 Å². The topological polar surface area (TPSA) is 123 Å². The summed E-state index contributed by atoms with van der Waals surface area (Å²) in [6.07, 6.45) is 3.17. The number of rotatable bonds is 9. The van der Waals surface area contributed by atoms with E-state index in [0.29, 0.717) is 22.4 Å². The van der Waals surface area contributed by atoms with Gasteiger partial charge in [0.1, 0.15) is 11.4 Å². The minimum absolute atomic E-state index is 0.000530. The summed E-state index contributed by atoms with van der Waals surface area (Å²) >= 11 is 0. The van der Waals surface area contributed by atoms with Gasteiger partial charge >= 0.3 is 0 Å². The van der Waals surface area contributed by atoms with Crippen LogP contribution in [0.5, 0.6) is 5.75 Å². The Morgan fingerprint density at radius 3 is 2.36 bits per heavy atom. The van der Waals surface area contributed by atoms with Crippen LogP contribution in [0.15, 0.2) is 90.8 Å². The van der Waals surface area contributed by atoms with Crippen LogP contribution < -0.4 is 20.5 Å². The van der Waals surface area contributed by atoms with Crippen molar-refractivity contribution in [2.45, 2.75) is 12.5 Å². The number of H-pyrrole nitrogens is 1. The molecule has 0 bridgehead atoms. The summed E-state index contributed by atoms with van der Waals surface area (Å²) in [6.45, 7) is 0. The number of carboxylic acid groups (broad SMARTS) is 1. The van der Waals surface area contributed by atoms with Gasteiger partial charge in [0, 0.05) is 29.1 Å². The molecule has 4 rings (SSSR count). The fraction of sp³-hybridized carbons (Fsp3) is 0.107. The van der Waals surface area contributed by atoms with E-state index in [1.807, 2.05) is 24.3 Å². The smallest absolute Gasteiger partial charge is 0.268 e. The van der Waals surface area contributed by atoms with Gasteiger partial charge in [-0.05, 0) is 47.5 Å². The molecule has 1 heterocycles. The first-order chi connectivity index (χ1) is 17.4. The Bertz CT molecular complexity index is 1410. The van der Waals surface area contributed by atoms with Crippen LogP contribution in [0.1, 0.15) is 21.5 Å². The van der Waals surface area contributed by atoms with E-state index in [4.69, 9.17) is 4.74 Å². The molecule has 3 N–H and O–H groups in total. The summed E-state index contributed by atoms with van der Waals surface area (Å²) in [5.41, 5.74) is 2.41. The lowest BCUT2D eigenvalue weighted by Crippen LogP contribution is -2.50. The average Bonchev–Trinajstić information content (AvgIpc) is 3.31. The average molecular weight is 483 g/mol. The largest absolute Gasteiger partial charge is 0.548 e. The Labute approximate surface area is 207 Å². The predicted octanol–water partition coefficient (Wildman–Crippen LogP) is 2.42. The number of aliphatic carboxylic acids is 1. The molecular formula is C28H24N3O5-. The third-order valence-corrected chi connectivity index (χ3v) is 5.64. The number of aromatic amines is 1. The Hall–Kier alpha value is -4.85. The molecule has 3 aromatic carbocycles. The number of fused-ring (bicyclic) bond motifs is 1. The number of nitrogens with one attached hydrogen (secondary N) is 3. The van der Waals surface area contributed by atoms with Crippen LogP contribution in [-0.2, 0) is 16.0 Å². The number of hydrogen-bond acceptors (Lipinski definition) is 5. The zero-order valence-electron chi connectivity index (χ0n) is 19.5. The predicted molar refractivity (Wildman–Crippen MR) is 134 cm³/mol. The number of carbonyl (C=O) groups is 3. The van der Waals surface area contributed by atoms with Gasteiger partial charge in [0.25, 0.3) is 11.8 Å². The third kappa shape index (κ3) is 5.79. The molecule has 0 fully saturated rings. The summed E-state index contributed by atoms with van der Waals surface area (Å²) < 4.78 is 5.16. The minimum Gasteiger partial charge on any atom is -0.548 e. The molecule has 8 heteroatoms. The van der Waals surface area contributed by atoms with Gasteiger partial charge in [-0.25, -0.2) is 0 Å². The lowest BCUT2D eigenvalue weighted by molar-refractivity contribution is -0.308. The van der Waals surface area contributed by atoms with Gasteiger partial charge in [0.15, 0.2) is 0 Å². The van der Waals surface area contributed by atoms with Crippen molar-refractivity contribution in [1.82, 2.24) is 15.6 Å². The van der Waals surface area contributed by atoms with Gasteiger partial charge in [0.05, 0.1) is 19.1 Å². The second kappa shape index (κ2) is 11.1. The fourth-order valence-electron chi connectivity index (χ4n) is 3.76. The number of ether oxygens (including phenoxy) is 1. The fourth-order valence-corrected chi connectivity index (χ4v) is 3.76. The quantitative estimate of drug-likeness (QED) is 0.316. The van der Waals surface area contributed by atoms with Crippen LogP contribution >= 0.6 is 0 Å². The Morgan fingerprint density at radius 2 is 1.67 bits per heavy atom. The number of carbonyl (C=O) groups excluding carboxylic acids is 3. The maximum absolute atomic E-state index is 13.2. The molecule has 0 saturated carbocycles. The number of benzene rings is 3. The van der Waals surface area contributed by atoms with E-state index in [2.05, 4.69) is 15.6 Å². The molecule has 0 aliphatic heterocycles. The van der Waals surface area contributed by atoms with Gasteiger partial charge in [-0.2, -0.15) is 0 Å². The second-order valence-corrected chi connectivity index (χ2v) is 8.06. The van der Waals surface area contributed by atoms with Gasteiger partial charge in [0.2, 0.25) is 0 Å². The Morgan fingerprint density at radius 1 is 0.972 bits per heavy atom. The van der Waals surface area contributed by atoms with Crippen LogP contribution in [0.3, 0.4) is 0 Å². The highest BCUT2D eigenvalue weighted by Gasteiger charge is 2.21. The van der Waals surface area contributed by atoms with Gasteiger partial charge < -0.3 is 30.3 Å². The highest BCUT2D eigenvalue weighted by Crippen LogP contribution is 2.19. The van der Waals surface area contributed by atoms with E-state index >= 15 is 0 Å². The maximum Gasteiger partial charge on any atom is 0.268 e. The van der Waals surface area contributed by atoms with Crippen molar-refractivity contribution >= 4 is 34.8 Å². The van der Waals surface area contributed by atoms with Crippen molar-refractivity contribution in [3.05, 3.63) is 107 Å². The van der Waals surface area contributed by atoms with Crippen molar-refractivity contribution in [3.63, 3.8) is 0 Å². The molecule has 0 saturated heterocycles. The number of aromatic nitrogens is 1. The number of carboxylic acids is 1. The Balaban J connectivity index is 1.59. The SMILES string of the molecule is COc1ccc(C=C(NC(=O)c2ccccc2)C(=O)NC(Cc2c[nH]c3ccccc23)C(=O)[O-])cc1. The maximum atomic E-state index is 13.2.